The maximum atomic E-state index is 13.1. The first kappa shape index (κ1) is 28.4. The number of rotatable bonds is 12. The first-order chi connectivity index (χ1) is 17.0. The second-order valence-electron chi connectivity index (χ2n) is 8.76. The van der Waals surface area contributed by atoms with E-state index in [1.54, 1.807) is 12.1 Å². The highest BCUT2D eigenvalue weighted by atomic mass is 16.4. The van der Waals surface area contributed by atoms with Gasteiger partial charge in [-0.05, 0) is 50.3 Å². The lowest BCUT2D eigenvalue weighted by Crippen LogP contribution is -2.57. The van der Waals surface area contributed by atoms with E-state index in [1.807, 2.05) is 0 Å². The molecule has 0 aliphatic carbocycles. The number of aliphatic imine (C=N–C) groups is 1. The van der Waals surface area contributed by atoms with Crippen molar-refractivity contribution in [1.82, 2.24) is 15.5 Å². The molecule has 1 saturated heterocycles. The fourth-order valence-electron chi connectivity index (χ4n) is 3.94. The molecule has 2 rings (SSSR count). The maximum absolute atomic E-state index is 13.1. The summed E-state index contributed by atoms with van der Waals surface area (Å²) in [7, 11) is 0. The number of phenolic OH excluding ortho intramolecular Hbond substituents is 1. The molecule has 13 nitrogen and oxygen atoms in total. The fraction of sp³-hybridized carbons (Fsp3) is 0.522. The highest BCUT2D eigenvalue weighted by Crippen LogP contribution is 2.19. The highest BCUT2D eigenvalue weighted by Gasteiger charge is 2.37. The fourth-order valence-corrected chi connectivity index (χ4v) is 3.94. The van der Waals surface area contributed by atoms with E-state index in [1.165, 1.54) is 24.0 Å². The Morgan fingerprint density at radius 1 is 1.14 bits per heavy atom. The summed E-state index contributed by atoms with van der Waals surface area (Å²) in [4.78, 5) is 55.6. The lowest BCUT2D eigenvalue weighted by molar-refractivity contribution is -0.143. The van der Waals surface area contributed by atoms with Crippen LogP contribution in [0.5, 0.6) is 5.75 Å². The van der Waals surface area contributed by atoms with Gasteiger partial charge in [0.1, 0.15) is 23.9 Å². The summed E-state index contributed by atoms with van der Waals surface area (Å²) in [5, 5.41) is 24.3. The van der Waals surface area contributed by atoms with Crippen LogP contribution in [0.2, 0.25) is 0 Å². The van der Waals surface area contributed by atoms with Crippen LogP contribution in [0.1, 0.15) is 38.2 Å². The Hall–Kier alpha value is -3.87. The van der Waals surface area contributed by atoms with E-state index in [2.05, 4.69) is 15.6 Å². The Morgan fingerprint density at radius 3 is 2.39 bits per heavy atom. The van der Waals surface area contributed by atoms with Crippen LogP contribution in [0.4, 0.5) is 0 Å². The van der Waals surface area contributed by atoms with Gasteiger partial charge in [-0.2, -0.15) is 0 Å². The topological polar surface area (TPSA) is 226 Å². The average Bonchev–Trinajstić information content (AvgIpc) is 3.31. The number of hydrogen-bond donors (Lipinski definition) is 7. The number of amides is 3. The number of likely N-dealkylation sites (tertiary alicyclic amines) is 1. The minimum Gasteiger partial charge on any atom is -0.508 e. The summed E-state index contributed by atoms with van der Waals surface area (Å²) in [6.45, 7) is 2.11. The molecule has 1 aromatic rings. The van der Waals surface area contributed by atoms with Gasteiger partial charge in [0.2, 0.25) is 17.7 Å². The van der Waals surface area contributed by atoms with Crippen molar-refractivity contribution in [2.75, 3.05) is 13.1 Å². The zero-order chi connectivity index (χ0) is 26.8. The number of carbonyl (C=O) groups excluding carboxylic acids is 3. The van der Waals surface area contributed by atoms with Gasteiger partial charge in [0.05, 0.1) is 6.04 Å². The van der Waals surface area contributed by atoms with Crippen molar-refractivity contribution in [1.29, 1.82) is 0 Å². The molecule has 10 N–H and O–H groups in total. The van der Waals surface area contributed by atoms with E-state index in [4.69, 9.17) is 17.2 Å². The third kappa shape index (κ3) is 8.41. The molecule has 3 amide bonds. The standard InChI is InChI=1S/C23H35N7O6/c1-13(24)21(34)30-11-3-5-18(30)20(33)29-17(12-14-6-8-15(31)9-7-14)19(32)28-16(22(35)36)4-2-10-27-23(25)26/h6-9,13,16-18,31H,2-5,10-12,24H2,1H3,(H,28,32)(H,29,33)(H,35,36)(H4,25,26,27). The van der Waals surface area contributed by atoms with E-state index < -0.39 is 42.0 Å². The third-order valence-corrected chi connectivity index (χ3v) is 5.80. The van der Waals surface area contributed by atoms with Crippen LogP contribution < -0.4 is 27.8 Å². The number of guanidine groups is 1. The van der Waals surface area contributed by atoms with Crippen LogP contribution in [0.3, 0.4) is 0 Å². The highest BCUT2D eigenvalue weighted by molar-refractivity contribution is 5.94. The third-order valence-electron chi connectivity index (χ3n) is 5.80. The predicted octanol–water partition coefficient (Wildman–Crippen LogP) is -1.62. The van der Waals surface area contributed by atoms with Crippen LogP contribution in [-0.2, 0) is 25.6 Å². The van der Waals surface area contributed by atoms with Gasteiger partial charge in [-0.15, -0.1) is 0 Å². The number of carboxylic acids is 1. The van der Waals surface area contributed by atoms with Crippen LogP contribution in [0.25, 0.3) is 0 Å². The molecule has 4 atom stereocenters. The van der Waals surface area contributed by atoms with Gasteiger partial charge in [-0.25, -0.2) is 4.79 Å². The van der Waals surface area contributed by atoms with E-state index in [9.17, 15) is 29.4 Å². The van der Waals surface area contributed by atoms with E-state index in [0.717, 1.165) is 0 Å². The monoisotopic (exact) mass is 505 g/mol. The molecule has 36 heavy (non-hydrogen) atoms. The number of benzene rings is 1. The number of aliphatic carboxylic acids is 1. The Labute approximate surface area is 209 Å². The Bertz CT molecular complexity index is 962. The number of carbonyl (C=O) groups is 4. The summed E-state index contributed by atoms with van der Waals surface area (Å²) in [5.74, 6) is -2.92. The van der Waals surface area contributed by atoms with Gasteiger partial charge in [-0.1, -0.05) is 12.1 Å². The molecule has 1 aliphatic heterocycles. The van der Waals surface area contributed by atoms with Crippen molar-refractivity contribution in [3.05, 3.63) is 29.8 Å². The Morgan fingerprint density at radius 2 is 1.81 bits per heavy atom. The van der Waals surface area contributed by atoms with Crippen molar-refractivity contribution in [3.8, 4) is 5.75 Å². The number of nitrogens with one attached hydrogen (secondary N) is 2. The van der Waals surface area contributed by atoms with Gasteiger partial charge in [0.15, 0.2) is 5.96 Å². The first-order valence-corrected chi connectivity index (χ1v) is 11.7. The van der Waals surface area contributed by atoms with Crippen LogP contribution in [0, 0.1) is 0 Å². The number of phenols is 1. The molecule has 13 heteroatoms. The van der Waals surface area contributed by atoms with Crippen molar-refractivity contribution in [2.45, 2.75) is 63.2 Å². The Balaban J connectivity index is 2.17. The normalized spacial score (nSPS) is 17.5. The van der Waals surface area contributed by atoms with Crippen LogP contribution in [0.15, 0.2) is 29.3 Å². The molecule has 0 bridgehead atoms. The molecule has 0 radical (unpaired) electrons. The molecular weight excluding hydrogens is 470 g/mol. The van der Waals surface area contributed by atoms with E-state index in [-0.39, 0.29) is 37.0 Å². The molecule has 1 aromatic carbocycles. The Kier molecular flexibility index (Phi) is 10.5. The molecule has 0 saturated carbocycles. The minimum atomic E-state index is -1.24. The van der Waals surface area contributed by atoms with Gasteiger partial charge in [0.25, 0.3) is 0 Å². The van der Waals surface area contributed by atoms with Crippen molar-refractivity contribution >= 4 is 29.7 Å². The summed E-state index contributed by atoms with van der Waals surface area (Å²) in [5.41, 5.74) is 16.9. The molecule has 1 heterocycles. The second kappa shape index (κ2) is 13.3. The molecule has 1 fully saturated rings. The average molecular weight is 506 g/mol. The van der Waals surface area contributed by atoms with E-state index >= 15 is 0 Å². The van der Waals surface area contributed by atoms with Crippen molar-refractivity contribution < 1.29 is 29.4 Å². The van der Waals surface area contributed by atoms with Crippen molar-refractivity contribution in [2.24, 2.45) is 22.2 Å². The van der Waals surface area contributed by atoms with E-state index in [0.29, 0.717) is 31.4 Å². The number of nitrogens with two attached hydrogens (primary N) is 3. The van der Waals surface area contributed by atoms with Gasteiger partial charge >= 0.3 is 5.97 Å². The summed E-state index contributed by atoms with van der Waals surface area (Å²) in [6.07, 6.45) is 1.44. The largest absolute Gasteiger partial charge is 0.508 e. The smallest absolute Gasteiger partial charge is 0.326 e. The molecular formula is C23H35N7O6. The zero-order valence-electron chi connectivity index (χ0n) is 20.2. The lowest BCUT2D eigenvalue weighted by Gasteiger charge is -2.28. The number of carboxylic acid groups (broad SMARTS) is 1. The van der Waals surface area contributed by atoms with Crippen molar-refractivity contribution in [3.63, 3.8) is 0 Å². The molecule has 0 spiro atoms. The van der Waals surface area contributed by atoms with Gasteiger partial charge < -0.3 is 42.9 Å². The summed E-state index contributed by atoms with van der Waals surface area (Å²) in [6, 6.07) is 2.15. The lowest BCUT2D eigenvalue weighted by atomic mass is 10.0. The maximum Gasteiger partial charge on any atom is 0.326 e. The molecule has 1 aliphatic rings. The molecule has 4 unspecified atom stereocenters. The number of nitrogens with zero attached hydrogens (tertiary/aromatic N) is 2. The second-order valence-corrected chi connectivity index (χ2v) is 8.76. The molecule has 0 aromatic heterocycles. The number of hydrogen-bond acceptors (Lipinski definition) is 7. The van der Waals surface area contributed by atoms with Gasteiger partial charge in [-0.3, -0.25) is 19.4 Å². The predicted molar refractivity (Wildman–Crippen MR) is 132 cm³/mol. The zero-order valence-corrected chi connectivity index (χ0v) is 20.2. The summed E-state index contributed by atoms with van der Waals surface area (Å²) >= 11 is 0. The SMILES string of the molecule is CC(N)C(=O)N1CCCC1C(=O)NC(Cc1ccc(O)cc1)C(=O)NC(CCCN=C(N)N)C(=O)O. The molecule has 198 valence electrons. The quantitative estimate of drug-likeness (QED) is 0.0982. The first-order valence-electron chi connectivity index (χ1n) is 11.7. The van der Waals surface area contributed by atoms with Crippen LogP contribution in [-0.4, -0.2) is 82.0 Å². The summed E-state index contributed by atoms with van der Waals surface area (Å²) < 4.78 is 0. The van der Waals surface area contributed by atoms with Gasteiger partial charge in [0, 0.05) is 19.5 Å². The number of aromatic hydroxyl groups is 1. The minimum absolute atomic E-state index is 0.0338. The van der Waals surface area contributed by atoms with Crippen LogP contribution >= 0.6 is 0 Å².